The molecule has 1 atom stereocenters. The van der Waals surface area contributed by atoms with Gasteiger partial charge in [-0.2, -0.15) is 10.1 Å². The molecule has 1 amide bonds. The molecule has 1 aliphatic rings. The number of hydrogen-bond donors (Lipinski definition) is 1. The summed E-state index contributed by atoms with van der Waals surface area (Å²) in [5, 5.41) is 3.95. The Hall–Kier alpha value is -4.25. The maximum absolute atomic E-state index is 13.0. The fourth-order valence-corrected chi connectivity index (χ4v) is 5.62. The lowest BCUT2D eigenvalue weighted by Crippen LogP contribution is -2.32. The van der Waals surface area contributed by atoms with Crippen molar-refractivity contribution in [1.29, 1.82) is 0 Å². The minimum atomic E-state index is -3.97. The first-order valence-corrected chi connectivity index (χ1v) is 14.1. The third-order valence-corrected chi connectivity index (χ3v) is 7.92. The van der Waals surface area contributed by atoms with Crippen LogP contribution in [0.15, 0.2) is 71.9 Å². The van der Waals surface area contributed by atoms with Gasteiger partial charge in [-0.1, -0.05) is 48.5 Å². The third-order valence-electron chi connectivity index (χ3n) is 6.64. The molecule has 1 unspecified atom stereocenters. The summed E-state index contributed by atoms with van der Waals surface area (Å²) < 4.78 is 36.1. The van der Waals surface area contributed by atoms with Crippen LogP contribution < -0.4 is 9.46 Å². The van der Waals surface area contributed by atoms with E-state index >= 15 is 0 Å². The molecule has 11 heteroatoms. The first-order valence-electron chi connectivity index (χ1n) is 12.6. The molecule has 1 fully saturated rings. The van der Waals surface area contributed by atoms with Gasteiger partial charge in [-0.25, -0.2) is 18.1 Å². The van der Waals surface area contributed by atoms with Crippen LogP contribution in [-0.2, 0) is 28.3 Å². The topological polar surface area (TPSA) is 119 Å². The van der Waals surface area contributed by atoms with Crippen molar-refractivity contribution >= 4 is 21.9 Å². The molecule has 0 radical (unpaired) electrons. The van der Waals surface area contributed by atoms with Gasteiger partial charge in [-0.15, -0.1) is 0 Å². The number of likely N-dealkylation sites (tertiary alicyclic amines) is 1. The quantitative estimate of drug-likeness (QED) is 0.359. The van der Waals surface area contributed by atoms with Crippen molar-refractivity contribution in [3.8, 4) is 17.1 Å². The van der Waals surface area contributed by atoms with Crippen LogP contribution in [-0.4, -0.2) is 58.2 Å². The van der Waals surface area contributed by atoms with Crippen LogP contribution in [0.1, 0.15) is 23.1 Å². The van der Waals surface area contributed by atoms with Crippen LogP contribution >= 0.6 is 0 Å². The van der Waals surface area contributed by atoms with Crippen LogP contribution in [0.5, 0.6) is 5.88 Å². The Morgan fingerprint density at radius 2 is 1.82 bits per heavy atom. The average Bonchev–Trinajstić information content (AvgIpc) is 3.54. The summed E-state index contributed by atoms with van der Waals surface area (Å²) in [7, 11) is -2.33. The maximum atomic E-state index is 13.0. The number of amides is 1. The van der Waals surface area contributed by atoms with Crippen molar-refractivity contribution in [3.63, 3.8) is 0 Å². The monoisotopic (exact) mass is 546 g/mol. The molecule has 1 aliphatic heterocycles. The van der Waals surface area contributed by atoms with Gasteiger partial charge in [0.15, 0.2) is 0 Å². The van der Waals surface area contributed by atoms with E-state index in [0.29, 0.717) is 31.6 Å². The SMILES string of the molecule is Cc1cccc(C)c1-c1cc(OC2CCN(C(=O)Cc3ccccc3)C2)nc(NS(=O)(=O)c2cnn(C)c2)n1. The van der Waals surface area contributed by atoms with Crippen LogP contribution in [0.2, 0.25) is 0 Å². The van der Waals surface area contributed by atoms with Gasteiger partial charge >= 0.3 is 0 Å². The van der Waals surface area contributed by atoms with Crippen LogP contribution in [0.25, 0.3) is 11.3 Å². The lowest BCUT2D eigenvalue weighted by atomic mass is 10.00. The number of hydrogen-bond acceptors (Lipinski definition) is 7. The molecule has 202 valence electrons. The van der Waals surface area contributed by atoms with E-state index in [1.807, 2.05) is 62.4 Å². The Balaban J connectivity index is 1.40. The Morgan fingerprint density at radius 3 is 2.51 bits per heavy atom. The fourth-order valence-electron chi connectivity index (χ4n) is 4.70. The number of nitrogens with one attached hydrogen (secondary N) is 1. The van der Waals surface area contributed by atoms with Crippen molar-refractivity contribution in [2.45, 2.75) is 37.7 Å². The lowest BCUT2D eigenvalue weighted by Gasteiger charge is -2.18. The molecule has 0 spiro atoms. The summed E-state index contributed by atoms with van der Waals surface area (Å²) in [6.45, 7) is 4.94. The number of sulfonamides is 1. The van der Waals surface area contributed by atoms with Gasteiger partial charge in [0, 0.05) is 37.8 Å². The molecule has 0 aliphatic carbocycles. The predicted octanol–water partition coefficient (Wildman–Crippen LogP) is 3.52. The highest BCUT2D eigenvalue weighted by molar-refractivity contribution is 7.92. The van der Waals surface area contributed by atoms with E-state index in [0.717, 1.165) is 22.3 Å². The van der Waals surface area contributed by atoms with Gasteiger partial charge in [0.05, 0.1) is 24.9 Å². The number of carbonyl (C=O) groups is 1. The number of aromatic nitrogens is 4. The summed E-state index contributed by atoms with van der Waals surface area (Å²) in [4.78, 5) is 23.5. The molecule has 3 heterocycles. The number of nitrogens with zero attached hydrogens (tertiary/aromatic N) is 5. The smallest absolute Gasteiger partial charge is 0.267 e. The van der Waals surface area contributed by atoms with Crippen LogP contribution in [0.4, 0.5) is 5.95 Å². The molecule has 4 aromatic rings. The van der Waals surface area contributed by atoms with Crippen LogP contribution in [0.3, 0.4) is 0 Å². The van der Waals surface area contributed by atoms with Crippen molar-refractivity contribution in [2.24, 2.45) is 7.05 Å². The summed E-state index contributed by atoms with van der Waals surface area (Å²) in [6.07, 6.45) is 3.34. The Morgan fingerprint density at radius 1 is 1.08 bits per heavy atom. The molecule has 1 N–H and O–H groups in total. The second-order valence-electron chi connectivity index (χ2n) is 9.67. The number of aryl methyl sites for hydroxylation is 3. The summed E-state index contributed by atoms with van der Waals surface area (Å²) in [5.74, 6) is 0.161. The second kappa shape index (κ2) is 10.9. The lowest BCUT2D eigenvalue weighted by molar-refractivity contribution is -0.129. The van der Waals surface area contributed by atoms with E-state index in [-0.39, 0.29) is 28.7 Å². The van der Waals surface area contributed by atoms with E-state index in [1.165, 1.54) is 17.1 Å². The van der Waals surface area contributed by atoms with Crippen molar-refractivity contribution < 1.29 is 17.9 Å². The van der Waals surface area contributed by atoms with E-state index < -0.39 is 10.0 Å². The van der Waals surface area contributed by atoms with Gasteiger partial charge in [0.2, 0.25) is 17.7 Å². The molecule has 39 heavy (non-hydrogen) atoms. The molecular formula is C28H30N6O4S. The van der Waals surface area contributed by atoms with E-state index in [1.54, 1.807) is 18.0 Å². The zero-order chi connectivity index (χ0) is 27.6. The minimum Gasteiger partial charge on any atom is -0.472 e. The predicted molar refractivity (Wildman–Crippen MR) is 147 cm³/mol. The number of ether oxygens (including phenoxy) is 1. The second-order valence-corrected chi connectivity index (χ2v) is 11.4. The highest BCUT2D eigenvalue weighted by Crippen LogP contribution is 2.30. The Labute approximate surface area is 227 Å². The zero-order valence-corrected chi connectivity index (χ0v) is 22.9. The largest absolute Gasteiger partial charge is 0.472 e. The molecule has 2 aromatic carbocycles. The van der Waals surface area contributed by atoms with Gasteiger partial charge in [0.1, 0.15) is 11.0 Å². The number of anilines is 1. The van der Waals surface area contributed by atoms with Crippen LogP contribution in [0, 0.1) is 13.8 Å². The maximum Gasteiger partial charge on any atom is 0.267 e. The van der Waals surface area contributed by atoms with Crippen molar-refractivity contribution in [2.75, 3.05) is 17.8 Å². The molecule has 0 bridgehead atoms. The minimum absolute atomic E-state index is 0.00286. The fraction of sp³-hybridized carbons (Fsp3) is 0.286. The van der Waals surface area contributed by atoms with Gasteiger partial charge in [-0.05, 0) is 30.5 Å². The van der Waals surface area contributed by atoms with Crippen molar-refractivity contribution in [3.05, 3.63) is 83.7 Å². The molecule has 1 saturated heterocycles. The number of benzene rings is 2. The average molecular weight is 547 g/mol. The molecule has 10 nitrogen and oxygen atoms in total. The van der Waals surface area contributed by atoms with Gasteiger partial charge in [0.25, 0.3) is 10.0 Å². The van der Waals surface area contributed by atoms with E-state index in [2.05, 4.69) is 19.8 Å². The first-order chi connectivity index (χ1) is 18.7. The van der Waals surface area contributed by atoms with Gasteiger partial charge < -0.3 is 9.64 Å². The Kier molecular flexibility index (Phi) is 7.34. The molecule has 2 aromatic heterocycles. The summed E-state index contributed by atoms with van der Waals surface area (Å²) >= 11 is 0. The standard InChI is InChI=1S/C28H30N6O4S/c1-19-8-7-9-20(2)27(19)24-15-25(31-28(30-24)32-39(36,37)23-16-29-33(3)18-23)38-22-12-13-34(17-22)26(35)14-21-10-5-4-6-11-21/h4-11,15-16,18,22H,12-14,17H2,1-3H3,(H,30,31,32). The van der Waals surface area contributed by atoms with Crippen molar-refractivity contribution in [1.82, 2.24) is 24.6 Å². The Bertz CT molecular complexity index is 1580. The summed E-state index contributed by atoms with van der Waals surface area (Å²) in [5.41, 5.74) is 4.34. The molecule has 0 saturated carbocycles. The highest BCUT2D eigenvalue weighted by atomic mass is 32.2. The number of rotatable bonds is 8. The van der Waals surface area contributed by atoms with E-state index in [4.69, 9.17) is 4.74 Å². The summed E-state index contributed by atoms with van der Waals surface area (Å²) in [6, 6.07) is 17.2. The first kappa shape index (κ1) is 26.4. The van der Waals surface area contributed by atoms with Gasteiger partial charge in [-0.3, -0.25) is 9.48 Å². The zero-order valence-electron chi connectivity index (χ0n) is 22.0. The van der Waals surface area contributed by atoms with E-state index in [9.17, 15) is 13.2 Å². The third kappa shape index (κ3) is 6.09. The normalized spacial score (nSPS) is 15.4. The highest BCUT2D eigenvalue weighted by Gasteiger charge is 2.28. The molecule has 5 rings (SSSR count). The molecular weight excluding hydrogens is 516 g/mol. The number of carbonyl (C=O) groups excluding carboxylic acids is 1.